The van der Waals surface area contributed by atoms with Gasteiger partial charge in [0.1, 0.15) is 0 Å². The molecule has 0 aliphatic carbocycles. The summed E-state index contributed by atoms with van der Waals surface area (Å²) in [5.41, 5.74) is 1.81. The Hall–Kier alpha value is -2.18. The van der Waals surface area contributed by atoms with Gasteiger partial charge in [0.25, 0.3) is 5.78 Å². The van der Waals surface area contributed by atoms with Crippen LogP contribution in [-0.4, -0.2) is 37.2 Å². The number of carboxylic acids is 1. The highest BCUT2D eigenvalue weighted by Gasteiger charge is 2.07. The Labute approximate surface area is 97.5 Å². The van der Waals surface area contributed by atoms with Gasteiger partial charge in [-0.3, -0.25) is 4.79 Å². The lowest BCUT2D eigenvalue weighted by atomic mass is 10.4. The molecule has 2 aromatic heterocycles. The van der Waals surface area contributed by atoms with E-state index in [1.54, 1.807) is 4.52 Å². The lowest BCUT2D eigenvalue weighted by molar-refractivity contribution is -0.136. The zero-order valence-electron chi connectivity index (χ0n) is 9.64. The second-order valence-electron chi connectivity index (χ2n) is 3.76. The minimum absolute atomic E-state index is 0.0288. The van der Waals surface area contributed by atoms with Gasteiger partial charge in [-0.1, -0.05) is 0 Å². The van der Waals surface area contributed by atoms with E-state index in [0.29, 0.717) is 18.3 Å². The summed E-state index contributed by atoms with van der Waals surface area (Å²) in [6.07, 6.45) is 0.0288. The molecule has 2 heterocycles. The first-order valence-electron chi connectivity index (χ1n) is 5.23. The summed E-state index contributed by atoms with van der Waals surface area (Å²) in [7, 11) is 0. The quantitative estimate of drug-likeness (QED) is 0.807. The Morgan fingerprint density at radius 1 is 1.47 bits per heavy atom. The molecule has 0 aliphatic heterocycles. The van der Waals surface area contributed by atoms with Gasteiger partial charge in [-0.2, -0.15) is 9.50 Å². The summed E-state index contributed by atoms with van der Waals surface area (Å²) in [6, 6.07) is 1.91. The summed E-state index contributed by atoms with van der Waals surface area (Å²) in [6.45, 7) is 4.10. The predicted octanol–water partition coefficient (Wildman–Crippen LogP) is 0.628. The van der Waals surface area contributed by atoms with Crippen LogP contribution >= 0.6 is 0 Å². The van der Waals surface area contributed by atoms with Gasteiger partial charge in [-0.25, -0.2) is 4.98 Å². The van der Waals surface area contributed by atoms with Crippen molar-refractivity contribution in [3.05, 3.63) is 17.5 Å². The zero-order valence-corrected chi connectivity index (χ0v) is 9.64. The topological polar surface area (TPSA) is 92.4 Å². The third-order valence-corrected chi connectivity index (χ3v) is 2.24. The molecule has 0 spiro atoms. The van der Waals surface area contributed by atoms with Crippen LogP contribution in [0.15, 0.2) is 6.07 Å². The van der Waals surface area contributed by atoms with Crippen molar-refractivity contribution in [2.75, 3.05) is 11.9 Å². The first kappa shape index (κ1) is 11.3. The maximum Gasteiger partial charge on any atom is 0.305 e. The number of aliphatic carboxylic acids is 1. The summed E-state index contributed by atoms with van der Waals surface area (Å²) in [5, 5.41) is 15.6. The second-order valence-corrected chi connectivity index (χ2v) is 3.76. The molecule has 0 unspecified atom stereocenters. The van der Waals surface area contributed by atoms with Gasteiger partial charge < -0.3 is 10.4 Å². The number of carbonyl (C=O) groups is 1. The van der Waals surface area contributed by atoms with Crippen molar-refractivity contribution in [2.45, 2.75) is 20.3 Å². The van der Waals surface area contributed by atoms with Crippen molar-refractivity contribution < 1.29 is 9.90 Å². The van der Waals surface area contributed by atoms with Crippen molar-refractivity contribution in [1.29, 1.82) is 0 Å². The Morgan fingerprint density at radius 3 is 2.94 bits per heavy atom. The molecule has 0 aliphatic rings. The maximum atomic E-state index is 10.4. The van der Waals surface area contributed by atoms with E-state index >= 15 is 0 Å². The molecule has 0 saturated heterocycles. The number of fused-ring (bicyclic) bond motifs is 1. The second kappa shape index (κ2) is 4.36. The zero-order chi connectivity index (χ0) is 12.4. The van der Waals surface area contributed by atoms with Crippen LogP contribution in [0.4, 0.5) is 5.95 Å². The minimum Gasteiger partial charge on any atom is -0.481 e. The van der Waals surface area contributed by atoms with Gasteiger partial charge in [-0.15, -0.1) is 5.10 Å². The van der Waals surface area contributed by atoms with Crippen LogP contribution in [0, 0.1) is 13.8 Å². The summed E-state index contributed by atoms with van der Waals surface area (Å²) in [5.74, 6) is 0.0548. The van der Waals surface area contributed by atoms with E-state index in [1.165, 1.54) is 0 Å². The molecule has 0 fully saturated rings. The fourth-order valence-corrected chi connectivity index (χ4v) is 1.52. The number of rotatable bonds is 4. The molecule has 0 bridgehead atoms. The average molecular weight is 235 g/mol. The lowest BCUT2D eigenvalue weighted by Gasteiger charge is -1.97. The van der Waals surface area contributed by atoms with E-state index in [2.05, 4.69) is 20.4 Å². The van der Waals surface area contributed by atoms with Crippen LogP contribution in [0.1, 0.15) is 17.8 Å². The standard InChI is InChI=1S/C10H13N5O2/c1-6-5-7(2)15-10(12-6)13-9(14-15)11-4-3-8(16)17/h5H,3-4H2,1-2H3,(H,11,14)(H,16,17). The first-order chi connectivity index (χ1) is 8.06. The number of nitrogens with one attached hydrogen (secondary N) is 1. The molecular weight excluding hydrogens is 222 g/mol. The molecule has 90 valence electrons. The van der Waals surface area contributed by atoms with Crippen molar-refractivity contribution in [1.82, 2.24) is 19.6 Å². The highest BCUT2D eigenvalue weighted by atomic mass is 16.4. The number of nitrogens with zero attached hydrogens (tertiary/aromatic N) is 4. The number of anilines is 1. The number of aryl methyl sites for hydroxylation is 2. The van der Waals surface area contributed by atoms with Gasteiger partial charge >= 0.3 is 5.97 Å². The van der Waals surface area contributed by atoms with Crippen molar-refractivity contribution in [3.8, 4) is 0 Å². The molecule has 2 N–H and O–H groups in total. The highest BCUT2D eigenvalue weighted by Crippen LogP contribution is 2.07. The average Bonchev–Trinajstić information content (AvgIpc) is 2.60. The highest BCUT2D eigenvalue weighted by molar-refractivity contribution is 5.67. The molecule has 0 amide bonds. The molecule has 2 rings (SSSR count). The Kier molecular flexibility index (Phi) is 2.90. The van der Waals surface area contributed by atoms with Gasteiger partial charge in [0.15, 0.2) is 0 Å². The van der Waals surface area contributed by atoms with Crippen LogP contribution in [0.25, 0.3) is 5.78 Å². The minimum atomic E-state index is -0.855. The van der Waals surface area contributed by atoms with Crippen LogP contribution in [0.5, 0.6) is 0 Å². The molecule has 2 aromatic rings. The third-order valence-electron chi connectivity index (χ3n) is 2.24. The molecule has 17 heavy (non-hydrogen) atoms. The van der Waals surface area contributed by atoms with Gasteiger partial charge in [0, 0.05) is 17.9 Å². The van der Waals surface area contributed by atoms with Gasteiger partial charge in [0.05, 0.1) is 6.42 Å². The Morgan fingerprint density at radius 2 is 2.24 bits per heavy atom. The monoisotopic (exact) mass is 235 g/mol. The lowest BCUT2D eigenvalue weighted by Crippen LogP contribution is -2.08. The van der Waals surface area contributed by atoms with Crippen LogP contribution < -0.4 is 5.32 Å². The Bertz CT molecular complexity index is 563. The fraction of sp³-hybridized carbons (Fsp3) is 0.400. The van der Waals surface area contributed by atoms with E-state index in [1.807, 2.05) is 19.9 Å². The smallest absolute Gasteiger partial charge is 0.305 e. The van der Waals surface area contributed by atoms with Crippen molar-refractivity contribution in [2.24, 2.45) is 0 Å². The summed E-state index contributed by atoms with van der Waals surface area (Å²) >= 11 is 0. The van der Waals surface area contributed by atoms with E-state index in [-0.39, 0.29) is 6.42 Å². The van der Waals surface area contributed by atoms with Crippen LogP contribution in [-0.2, 0) is 4.79 Å². The molecule has 0 radical (unpaired) electrons. The number of hydrogen-bond acceptors (Lipinski definition) is 5. The molecule has 0 saturated carbocycles. The third kappa shape index (κ3) is 2.49. The molecular formula is C10H13N5O2. The predicted molar refractivity (Wildman–Crippen MR) is 61.0 cm³/mol. The Balaban J connectivity index is 2.20. The van der Waals surface area contributed by atoms with E-state index in [9.17, 15) is 4.79 Å². The normalized spacial score (nSPS) is 10.7. The van der Waals surface area contributed by atoms with E-state index in [4.69, 9.17) is 5.11 Å². The number of carboxylic acid groups (broad SMARTS) is 1. The number of aromatic nitrogens is 4. The molecule has 0 aromatic carbocycles. The largest absolute Gasteiger partial charge is 0.481 e. The SMILES string of the molecule is Cc1cc(C)n2nc(NCCC(=O)O)nc2n1. The van der Waals surface area contributed by atoms with Crippen LogP contribution in [0.3, 0.4) is 0 Å². The fourth-order valence-electron chi connectivity index (χ4n) is 1.52. The maximum absolute atomic E-state index is 10.4. The van der Waals surface area contributed by atoms with E-state index in [0.717, 1.165) is 11.4 Å². The molecule has 0 atom stereocenters. The van der Waals surface area contributed by atoms with Gasteiger partial charge in [0.2, 0.25) is 5.95 Å². The first-order valence-corrected chi connectivity index (χ1v) is 5.23. The number of hydrogen-bond donors (Lipinski definition) is 2. The molecule has 7 nitrogen and oxygen atoms in total. The van der Waals surface area contributed by atoms with Crippen molar-refractivity contribution >= 4 is 17.7 Å². The van der Waals surface area contributed by atoms with E-state index < -0.39 is 5.97 Å². The molecule has 7 heteroatoms. The van der Waals surface area contributed by atoms with Crippen LogP contribution in [0.2, 0.25) is 0 Å². The van der Waals surface area contributed by atoms with Crippen molar-refractivity contribution in [3.63, 3.8) is 0 Å². The van der Waals surface area contributed by atoms with Gasteiger partial charge in [-0.05, 0) is 19.9 Å². The summed E-state index contributed by atoms with van der Waals surface area (Å²) < 4.78 is 1.62. The summed E-state index contributed by atoms with van der Waals surface area (Å²) in [4.78, 5) is 18.8.